The Morgan fingerprint density at radius 1 is 0.500 bits per heavy atom. The summed E-state index contributed by atoms with van der Waals surface area (Å²) in [5.41, 5.74) is 3.67. The van der Waals surface area contributed by atoms with Gasteiger partial charge in [-0.15, -0.1) is 0 Å². The average molecular weight is 579 g/mol. The summed E-state index contributed by atoms with van der Waals surface area (Å²) in [5, 5.41) is 14.4. The molecule has 2 heterocycles. The van der Waals surface area contributed by atoms with Gasteiger partial charge in [0.15, 0.2) is 19.7 Å². The van der Waals surface area contributed by atoms with E-state index in [1.165, 1.54) is 0 Å². The van der Waals surface area contributed by atoms with Gasteiger partial charge in [0.1, 0.15) is 21.2 Å². The predicted octanol–water partition coefficient (Wildman–Crippen LogP) is 6.66. The van der Waals surface area contributed by atoms with Crippen LogP contribution in [0.2, 0.25) is 0 Å². The number of aromatic amines is 2. The van der Waals surface area contributed by atoms with E-state index in [0.717, 1.165) is 12.5 Å². The first-order chi connectivity index (χ1) is 19.1. The minimum atomic E-state index is -3.67. The summed E-state index contributed by atoms with van der Waals surface area (Å²) in [7, 11) is -7.34. The molecule has 0 fully saturated rings. The molecular formula is C30H34N4O4S2. The van der Waals surface area contributed by atoms with Gasteiger partial charge in [0, 0.05) is 34.8 Å². The van der Waals surface area contributed by atoms with Gasteiger partial charge >= 0.3 is 0 Å². The first kappa shape index (κ1) is 30.5. The van der Waals surface area contributed by atoms with Gasteiger partial charge in [-0.3, -0.25) is 10.2 Å². The highest BCUT2D eigenvalue weighted by molar-refractivity contribution is 7.91. The van der Waals surface area contributed by atoms with Crippen LogP contribution < -0.4 is 0 Å². The second-order valence-electron chi connectivity index (χ2n) is 8.41. The summed E-state index contributed by atoms with van der Waals surface area (Å²) >= 11 is 0. The molecule has 2 aromatic heterocycles. The zero-order valence-electron chi connectivity index (χ0n) is 23.4. The van der Waals surface area contributed by atoms with Crippen LogP contribution in [0, 0.1) is 0 Å². The third kappa shape index (κ3) is 6.40. The Hall–Kier alpha value is -4.02. The topological polar surface area (TPSA) is 126 Å². The smallest absolute Gasteiger partial charge is 0.179 e. The van der Waals surface area contributed by atoms with Crippen molar-refractivity contribution < 1.29 is 16.8 Å². The van der Waals surface area contributed by atoms with Crippen molar-refractivity contribution >= 4 is 19.7 Å². The molecule has 0 aliphatic heterocycles. The van der Waals surface area contributed by atoms with Crippen molar-refractivity contribution in [2.24, 2.45) is 0 Å². The predicted molar refractivity (Wildman–Crippen MR) is 161 cm³/mol. The third-order valence-electron chi connectivity index (χ3n) is 5.72. The molecule has 0 bridgehead atoms. The van der Waals surface area contributed by atoms with E-state index in [-0.39, 0.29) is 21.2 Å². The summed E-state index contributed by atoms with van der Waals surface area (Å²) < 4.78 is 51.3. The molecule has 3 aromatic carbocycles. The van der Waals surface area contributed by atoms with Gasteiger partial charge in [0.25, 0.3) is 0 Å². The Morgan fingerprint density at radius 2 is 0.825 bits per heavy atom. The van der Waals surface area contributed by atoms with E-state index in [9.17, 15) is 16.8 Å². The fourth-order valence-corrected chi connectivity index (χ4v) is 6.29. The molecule has 0 spiro atoms. The quantitative estimate of drug-likeness (QED) is 0.232. The van der Waals surface area contributed by atoms with E-state index in [0.29, 0.717) is 33.6 Å². The maximum absolute atomic E-state index is 12.8. The van der Waals surface area contributed by atoms with E-state index < -0.39 is 19.7 Å². The monoisotopic (exact) mass is 578 g/mol. The van der Waals surface area contributed by atoms with E-state index in [1.54, 1.807) is 48.5 Å². The SMILES string of the molecule is CC.CC.CS(=O)(=O)c1c(-c2cccc(-c3n[nH]c(-c4ccccc4)c3S(C)(=O)=O)c2)n[nH]c1-c1ccccc1. The standard InChI is InChI=1S/C26H22N4O4S2.2C2H6/c1-35(31,32)25-21(17-10-5-3-6-11-17)27-29-23(25)19-14-9-15-20(16-19)24-26(36(2,33)34)22(28-30-24)18-12-7-4-8-13-18;2*1-2/h3-16H,1-2H3,(H,27,29)(H,28,30);2*1-2H3. The lowest BCUT2D eigenvalue weighted by Gasteiger charge is -2.07. The van der Waals surface area contributed by atoms with Crippen LogP contribution in [0.1, 0.15) is 27.7 Å². The zero-order chi connectivity index (χ0) is 29.5. The molecule has 0 aliphatic carbocycles. The highest BCUT2D eigenvalue weighted by Crippen LogP contribution is 2.38. The number of rotatable bonds is 6. The second-order valence-corrected chi connectivity index (χ2v) is 12.3. The number of nitrogens with zero attached hydrogens (tertiary/aromatic N) is 2. The van der Waals surface area contributed by atoms with Gasteiger partial charge in [-0.1, -0.05) is 107 Å². The molecule has 2 N–H and O–H groups in total. The molecule has 0 aliphatic rings. The van der Waals surface area contributed by atoms with Crippen molar-refractivity contribution in [1.82, 2.24) is 20.4 Å². The summed E-state index contributed by atoms with van der Waals surface area (Å²) in [6.45, 7) is 8.00. The summed E-state index contributed by atoms with van der Waals surface area (Å²) in [6.07, 6.45) is 2.28. The highest BCUT2D eigenvalue weighted by atomic mass is 32.2. The lowest BCUT2D eigenvalue weighted by molar-refractivity contribution is 0.600. The Labute approximate surface area is 236 Å². The van der Waals surface area contributed by atoms with Crippen molar-refractivity contribution in [2.75, 3.05) is 12.5 Å². The number of nitrogens with one attached hydrogen (secondary N) is 2. The second kappa shape index (κ2) is 12.9. The summed E-state index contributed by atoms with van der Waals surface area (Å²) in [4.78, 5) is 0.141. The summed E-state index contributed by atoms with van der Waals surface area (Å²) in [6, 6.07) is 25.0. The van der Waals surface area contributed by atoms with Crippen molar-refractivity contribution in [3.05, 3.63) is 84.9 Å². The normalized spacial score (nSPS) is 11.2. The van der Waals surface area contributed by atoms with Crippen molar-refractivity contribution in [2.45, 2.75) is 37.5 Å². The Bertz CT molecular complexity index is 1650. The number of sulfone groups is 2. The molecule has 0 unspecified atom stereocenters. The molecule has 8 nitrogen and oxygen atoms in total. The van der Waals surface area contributed by atoms with Crippen LogP contribution in [0.3, 0.4) is 0 Å². The van der Waals surface area contributed by atoms with Crippen molar-refractivity contribution in [1.29, 1.82) is 0 Å². The van der Waals surface area contributed by atoms with Gasteiger partial charge in [-0.2, -0.15) is 10.2 Å². The van der Waals surface area contributed by atoms with Crippen LogP contribution in [-0.2, 0) is 19.7 Å². The molecule has 40 heavy (non-hydrogen) atoms. The van der Waals surface area contributed by atoms with Gasteiger partial charge in [0.05, 0.1) is 11.4 Å². The number of H-pyrrole nitrogens is 2. The Kier molecular flexibility index (Phi) is 9.83. The fraction of sp³-hybridized carbons (Fsp3) is 0.200. The molecule has 210 valence electrons. The van der Waals surface area contributed by atoms with Crippen LogP contribution >= 0.6 is 0 Å². The van der Waals surface area contributed by atoms with Gasteiger partial charge in [-0.25, -0.2) is 16.8 Å². The first-order valence-corrected chi connectivity index (χ1v) is 16.7. The minimum Gasteiger partial charge on any atom is -0.276 e. The lowest BCUT2D eigenvalue weighted by Crippen LogP contribution is -2.01. The number of benzene rings is 3. The van der Waals surface area contributed by atoms with Crippen LogP contribution in [0.5, 0.6) is 0 Å². The molecule has 5 aromatic rings. The van der Waals surface area contributed by atoms with Crippen LogP contribution in [0.15, 0.2) is 94.7 Å². The van der Waals surface area contributed by atoms with Crippen LogP contribution in [0.25, 0.3) is 45.0 Å². The van der Waals surface area contributed by atoms with Gasteiger partial charge < -0.3 is 0 Å². The zero-order valence-corrected chi connectivity index (χ0v) is 25.1. The maximum Gasteiger partial charge on any atom is 0.179 e. The molecule has 0 atom stereocenters. The van der Waals surface area contributed by atoms with Gasteiger partial charge in [0.2, 0.25) is 0 Å². The van der Waals surface area contributed by atoms with E-state index in [4.69, 9.17) is 0 Å². The molecule has 5 rings (SSSR count). The van der Waals surface area contributed by atoms with E-state index in [1.807, 2.05) is 64.1 Å². The van der Waals surface area contributed by atoms with Gasteiger partial charge in [-0.05, 0) is 6.07 Å². The largest absolute Gasteiger partial charge is 0.276 e. The van der Waals surface area contributed by atoms with E-state index in [2.05, 4.69) is 20.4 Å². The molecule has 0 amide bonds. The minimum absolute atomic E-state index is 0.0705. The molecular weight excluding hydrogens is 544 g/mol. The number of hydrogen-bond acceptors (Lipinski definition) is 6. The average Bonchev–Trinajstić information content (AvgIpc) is 3.62. The Balaban J connectivity index is 0.00000106. The third-order valence-corrected chi connectivity index (χ3v) is 8.00. The molecule has 0 saturated carbocycles. The molecule has 0 saturated heterocycles. The summed E-state index contributed by atoms with van der Waals surface area (Å²) in [5.74, 6) is 0. The number of hydrogen-bond donors (Lipinski definition) is 2. The van der Waals surface area contributed by atoms with E-state index >= 15 is 0 Å². The van der Waals surface area contributed by atoms with Crippen molar-refractivity contribution in [3.8, 4) is 45.0 Å². The first-order valence-electron chi connectivity index (χ1n) is 12.9. The van der Waals surface area contributed by atoms with Crippen LogP contribution in [-0.4, -0.2) is 49.7 Å². The fourth-order valence-electron chi connectivity index (χ4n) is 4.19. The Morgan fingerprint density at radius 3 is 1.15 bits per heavy atom. The molecule has 0 radical (unpaired) electrons. The van der Waals surface area contributed by atoms with Crippen LogP contribution in [0.4, 0.5) is 0 Å². The number of aromatic nitrogens is 4. The molecule has 10 heteroatoms. The highest BCUT2D eigenvalue weighted by Gasteiger charge is 2.27. The maximum atomic E-state index is 12.8. The van der Waals surface area contributed by atoms with Crippen molar-refractivity contribution in [3.63, 3.8) is 0 Å². The lowest BCUT2D eigenvalue weighted by atomic mass is 10.0.